The summed E-state index contributed by atoms with van der Waals surface area (Å²) in [4.78, 5) is 0. The highest BCUT2D eigenvalue weighted by molar-refractivity contribution is 5.04. The molecule has 1 aliphatic heterocycles. The quantitative estimate of drug-likeness (QED) is 0.467. The van der Waals surface area contributed by atoms with E-state index in [-0.39, 0.29) is 12.1 Å². The molecule has 0 spiro atoms. The van der Waals surface area contributed by atoms with Crippen LogP contribution in [0.15, 0.2) is 12.2 Å². The third-order valence-electron chi connectivity index (χ3n) is 3.33. The fraction of sp³-hybridized carbons (Fsp3) is 0.857. The summed E-state index contributed by atoms with van der Waals surface area (Å²) < 4.78 is 0. The van der Waals surface area contributed by atoms with Crippen molar-refractivity contribution in [2.45, 2.75) is 70.4 Å². The first-order valence-electron chi connectivity index (χ1n) is 6.92. The van der Waals surface area contributed by atoms with Crippen LogP contribution in [-0.2, 0) is 0 Å². The Balaban J connectivity index is 1.88. The van der Waals surface area contributed by atoms with Crippen molar-refractivity contribution >= 4 is 0 Å². The van der Waals surface area contributed by atoms with Crippen LogP contribution in [0.4, 0.5) is 0 Å². The number of aliphatic hydroxyl groups excluding tert-OH is 1. The average molecular weight is 225 g/mol. The maximum absolute atomic E-state index is 9.88. The Hall–Kier alpha value is -0.340. The molecule has 2 heteroatoms. The first-order chi connectivity index (χ1) is 7.84. The molecule has 1 heterocycles. The molecule has 0 bridgehead atoms. The molecule has 0 aromatic carbocycles. The van der Waals surface area contributed by atoms with Crippen LogP contribution in [0.25, 0.3) is 0 Å². The zero-order valence-corrected chi connectivity index (χ0v) is 10.6. The van der Waals surface area contributed by atoms with E-state index in [0.29, 0.717) is 0 Å². The molecule has 0 radical (unpaired) electrons. The van der Waals surface area contributed by atoms with Crippen molar-refractivity contribution in [2.24, 2.45) is 0 Å². The van der Waals surface area contributed by atoms with Gasteiger partial charge in [0.25, 0.3) is 0 Å². The SMILES string of the molecule is CCCCCCCCC[C@@H](O)[C@@H]1C=CCN1. The molecule has 0 aromatic heterocycles. The first kappa shape index (κ1) is 13.7. The van der Waals surface area contributed by atoms with Gasteiger partial charge in [-0.15, -0.1) is 0 Å². The van der Waals surface area contributed by atoms with Crippen molar-refractivity contribution in [3.63, 3.8) is 0 Å². The Morgan fingerprint density at radius 3 is 2.50 bits per heavy atom. The number of rotatable bonds is 9. The minimum atomic E-state index is -0.186. The van der Waals surface area contributed by atoms with Crippen molar-refractivity contribution in [1.29, 1.82) is 0 Å². The van der Waals surface area contributed by atoms with Crippen LogP contribution in [0.2, 0.25) is 0 Å². The topological polar surface area (TPSA) is 32.3 Å². The molecule has 2 nitrogen and oxygen atoms in total. The lowest BCUT2D eigenvalue weighted by atomic mass is 10.0. The normalized spacial score (nSPS) is 21.5. The van der Waals surface area contributed by atoms with Crippen LogP contribution in [0, 0.1) is 0 Å². The van der Waals surface area contributed by atoms with Gasteiger partial charge in [-0.3, -0.25) is 0 Å². The van der Waals surface area contributed by atoms with Crippen LogP contribution in [-0.4, -0.2) is 23.8 Å². The Bertz CT molecular complexity index is 191. The smallest absolute Gasteiger partial charge is 0.0729 e. The largest absolute Gasteiger partial charge is 0.391 e. The highest BCUT2D eigenvalue weighted by Gasteiger charge is 2.17. The van der Waals surface area contributed by atoms with Gasteiger partial charge in [0, 0.05) is 6.54 Å². The van der Waals surface area contributed by atoms with Gasteiger partial charge in [-0.05, 0) is 6.42 Å². The highest BCUT2D eigenvalue weighted by Crippen LogP contribution is 2.12. The molecule has 94 valence electrons. The molecule has 0 saturated heterocycles. The van der Waals surface area contributed by atoms with Gasteiger partial charge in [0.05, 0.1) is 12.1 Å². The van der Waals surface area contributed by atoms with E-state index in [4.69, 9.17) is 0 Å². The van der Waals surface area contributed by atoms with E-state index < -0.39 is 0 Å². The van der Waals surface area contributed by atoms with E-state index in [2.05, 4.69) is 24.4 Å². The lowest BCUT2D eigenvalue weighted by Crippen LogP contribution is -2.34. The van der Waals surface area contributed by atoms with Crippen molar-refractivity contribution in [1.82, 2.24) is 5.32 Å². The predicted octanol–water partition coefficient (Wildman–Crippen LogP) is 3.02. The van der Waals surface area contributed by atoms with Gasteiger partial charge in [0.2, 0.25) is 0 Å². The minimum absolute atomic E-state index is 0.186. The second-order valence-electron chi connectivity index (χ2n) is 4.84. The molecule has 0 amide bonds. The summed E-state index contributed by atoms with van der Waals surface area (Å²) in [6, 6.07) is 0.208. The average Bonchev–Trinajstić information content (AvgIpc) is 2.81. The molecule has 2 atom stereocenters. The standard InChI is InChI=1S/C14H27NO/c1-2-3-4-5-6-7-8-11-14(16)13-10-9-12-15-13/h9-10,13-16H,2-8,11-12H2,1H3/t13-,14+/m0/s1. The molecule has 0 aliphatic carbocycles. The number of nitrogens with one attached hydrogen (secondary N) is 1. The summed E-state index contributed by atoms with van der Waals surface area (Å²) in [7, 11) is 0. The second kappa shape index (κ2) is 8.77. The lowest BCUT2D eigenvalue weighted by molar-refractivity contribution is 0.137. The zero-order valence-electron chi connectivity index (χ0n) is 10.6. The van der Waals surface area contributed by atoms with Crippen molar-refractivity contribution in [2.75, 3.05) is 6.54 Å². The van der Waals surface area contributed by atoms with Crippen LogP contribution in [0.5, 0.6) is 0 Å². The van der Waals surface area contributed by atoms with Gasteiger partial charge in [-0.25, -0.2) is 0 Å². The lowest BCUT2D eigenvalue weighted by Gasteiger charge is -2.16. The summed E-state index contributed by atoms with van der Waals surface area (Å²) in [5.41, 5.74) is 0. The number of hydrogen-bond acceptors (Lipinski definition) is 2. The van der Waals surface area contributed by atoms with Gasteiger partial charge in [0.15, 0.2) is 0 Å². The Morgan fingerprint density at radius 1 is 1.19 bits per heavy atom. The summed E-state index contributed by atoms with van der Waals surface area (Å²) in [6.45, 7) is 3.16. The summed E-state index contributed by atoms with van der Waals surface area (Å²) >= 11 is 0. The fourth-order valence-corrected chi connectivity index (χ4v) is 2.24. The Labute approximate surface area is 100 Å². The van der Waals surface area contributed by atoms with E-state index in [1.165, 1.54) is 44.9 Å². The number of unbranched alkanes of at least 4 members (excludes halogenated alkanes) is 6. The maximum atomic E-state index is 9.88. The van der Waals surface area contributed by atoms with Gasteiger partial charge in [0.1, 0.15) is 0 Å². The molecule has 0 unspecified atom stereocenters. The van der Waals surface area contributed by atoms with E-state index >= 15 is 0 Å². The molecule has 1 rings (SSSR count). The molecule has 0 aromatic rings. The molecule has 0 saturated carbocycles. The number of aliphatic hydroxyl groups is 1. The van der Waals surface area contributed by atoms with E-state index in [1.807, 2.05) is 0 Å². The monoisotopic (exact) mass is 225 g/mol. The fourth-order valence-electron chi connectivity index (χ4n) is 2.24. The predicted molar refractivity (Wildman–Crippen MR) is 69.5 cm³/mol. The van der Waals surface area contributed by atoms with Crippen LogP contribution < -0.4 is 5.32 Å². The Kier molecular flexibility index (Phi) is 7.52. The molecule has 0 fully saturated rings. The maximum Gasteiger partial charge on any atom is 0.0729 e. The molecule has 1 aliphatic rings. The summed E-state index contributed by atoms with van der Waals surface area (Å²) in [5, 5.41) is 13.1. The van der Waals surface area contributed by atoms with Gasteiger partial charge >= 0.3 is 0 Å². The van der Waals surface area contributed by atoms with E-state index in [1.54, 1.807) is 0 Å². The molecule has 2 N–H and O–H groups in total. The van der Waals surface area contributed by atoms with Crippen molar-refractivity contribution in [3.05, 3.63) is 12.2 Å². The van der Waals surface area contributed by atoms with Crippen LogP contribution in [0.3, 0.4) is 0 Å². The van der Waals surface area contributed by atoms with Gasteiger partial charge in [-0.1, -0.05) is 64.0 Å². The first-order valence-corrected chi connectivity index (χ1v) is 6.92. The minimum Gasteiger partial charge on any atom is -0.391 e. The molecule has 16 heavy (non-hydrogen) atoms. The second-order valence-corrected chi connectivity index (χ2v) is 4.84. The summed E-state index contributed by atoms with van der Waals surface area (Å²) in [5.74, 6) is 0. The molecular weight excluding hydrogens is 198 g/mol. The van der Waals surface area contributed by atoms with Crippen LogP contribution >= 0.6 is 0 Å². The third-order valence-corrected chi connectivity index (χ3v) is 3.33. The molecular formula is C14H27NO. The van der Waals surface area contributed by atoms with Crippen molar-refractivity contribution < 1.29 is 5.11 Å². The third kappa shape index (κ3) is 5.66. The summed E-state index contributed by atoms with van der Waals surface area (Å²) in [6.07, 6.45) is 14.2. The van der Waals surface area contributed by atoms with Gasteiger partial charge < -0.3 is 10.4 Å². The highest BCUT2D eigenvalue weighted by atomic mass is 16.3. The van der Waals surface area contributed by atoms with Crippen molar-refractivity contribution in [3.8, 4) is 0 Å². The van der Waals surface area contributed by atoms with Gasteiger partial charge in [-0.2, -0.15) is 0 Å². The zero-order chi connectivity index (χ0) is 11.6. The number of hydrogen-bond donors (Lipinski definition) is 2. The van der Waals surface area contributed by atoms with Crippen LogP contribution in [0.1, 0.15) is 58.3 Å². The van der Waals surface area contributed by atoms with E-state index in [0.717, 1.165) is 13.0 Å². The Morgan fingerprint density at radius 2 is 1.88 bits per heavy atom. The van der Waals surface area contributed by atoms with E-state index in [9.17, 15) is 5.11 Å².